The molecule has 1 aromatic rings. The molecular formula is C15H15F3N4O5. The molecule has 0 saturated carbocycles. The number of carbonyl (C=O) groups excluding carboxylic acids is 2. The maximum atomic E-state index is 13.1. The molecule has 0 bridgehead atoms. The molecule has 1 heterocycles. The van der Waals surface area contributed by atoms with Gasteiger partial charge in [-0.25, -0.2) is 0 Å². The Hall–Kier alpha value is -3.18. The Balaban J connectivity index is 2.46. The highest BCUT2D eigenvalue weighted by atomic mass is 19.4. The van der Waals surface area contributed by atoms with Gasteiger partial charge in [0.1, 0.15) is 0 Å². The van der Waals surface area contributed by atoms with Crippen molar-refractivity contribution in [3.8, 4) is 0 Å². The van der Waals surface area contributed by atoms with E-state index in [0.717, 1.165) is 23.0 Å². The quantitative estimate of drug-likeness (QED) is 0.353. The number of nitro groups is 1. The molecule has 146 valence electrons. The summed E-state index contributed by atoms with van der Waals surface area (Å²) in [5, 5.41) is 16.8. The van der Waals surface area contributed by atoms with E-state index < -0.39 is 45.8 Å². The van der Waals surface area contributed by atoms with E-state index >= 15 is 0 Å². The molecule has 1 aliphatic rings. The number of carbonyl (C=O) groups is 2. The molecule has 1 aromatic heterocycles. The maximum Gasteiger partial charge on any atom is 0.435 e. The fraction of sp³-hybridized carbons (Fsp3) is 0.400. The van der Waals surface area contributed by atoms with E-state index in [-0.39, 0.29) is 6.61 Å². The molecule has 12 heteroatoms. The Bertz CT molecular complexity index is 830. The minimum Gasteiger partial charge on any atom is -0.465 e. The summed E-state index contributed by atoms with van der Waals surface area (Å²) in [6.45, 7) is 1.41. The molecule has 0 saturated heterocycles. The van der Waals surface area contributed by atoms with Gasteiger partial charge in [0.2, 0.25) is 0 Å². The van der Waals surface area contributed by atoms with E-state index in [0.29, 0.717) is 0 Å². The maximum absolute atomic E-state index is 13.1. The average Bonchev–Trinajstić information content (AvgIpc) is 2.97. The zero-order valence-corrected chi connectivity index (χ0v) is 14.2. The summed E-state index contributed by atoms with van der Waals surface area (Å²) >= 11 is 0. The number of esters is 1. The number of aryl methyl sites for hydroxylation is 1. The van der Waals surface area contributed by atoms with Crippen molar-refractivity contribution in [2.75, 3.05) is 6.61 Å². The summed E-state index contributed by atoms with van der Waals surface area (Å²) in [6.07, 6.45) is 0.421. The lowest BCUT2D eigenvalue weighted by Gasteiger charge is -2.29. The first-order valence-corrected chi connectivity index (χ1v) is 7.63. The zero-order chi connectivity index (χ0) is 20.4. The minimum absolute atomic E-state index is 0.0740. The highest BCUT2D eigenvalue weighted by molar-refractivity contribution is 5.96. The van der Waals surface area contributed by atoms with Crippen LogP contribution in [0.2, 0.25) is 0 Å². The molecule has 1 aliphatic carbocycles. The Morgan fingerprint density at radius 2 is 2.11 bits per heavy atom. The van der Waals surface area contributed by atoms with Gasteiger partial charge in [-0.2, -0.15) is 18.3 Å². The topological polar surface area (TPSA) is 116 Å². The lowest BCUT2D eigenvalue weighted by atomic mass is 9.88. The Morgan fingerprint density at radius 3 is 2.67 bits per heavy atom. The van der Waals surface area contributed by atoms with Gasteiger partial charge in [0.25, 0.3) is 5.91 Å². The van der Waals surface area contributed by atoms with Gasteiger partial charge in [0, 0.05) is 19.3 Å². The lowest BCUT2D eigenvalue weighted by Crippen LogP contribution is -2.60. The molecule has 0 fully saturated rings. The molecule has 0 aliphatic heterocycles. The van der Waals surface area contributed by atoms with Crippen LogP contribution < -0.4 is 5.32 Å². The third kappa shape index (κ3) is 3.83. The van der Waals surface area contributed by atoms with Crippen LogP contribution >= 0.6 is 0 Å². The molecule has 0 aromatic carbocycles. The van der Waals surface area contributed by atoms with Gasteiger partial charge in [-0.1, -0.05) is 18.2 Å². The van der Waals surface area contributed by atoms with Gasteiger partial charge in [-0.3, -0.25) is 29.7 Å². The molecule has 27 heavy (non-hydrogen) atoms. The second-order valence-corrected chi connectivity index (χ2v) is 5.57. The molecule has 0 radical (unpaired) electrons. The van der Waals surface area contributed by atoms with Crippen molar-refractivity contribution < 1.29 is 32.4 Å². The number of hydrogen-bond acceptors (Lipinski definition) is 6. The number of ether oxygens (including phenoxy) is 1. The summed E-state index contributed by atoms with van der Waals surface area (Å²) in [5.74, 6) is -3.97. The van der Waals surface area contributed by atoms with Crippen LogP contribution in [0.15, 0.2) is 30.5 Å². The number of allylic oxidation sites excluding steroid dienone is 2. The second kappa shape index (κ2) is 7.21. The average molecular weight is 388 g/mol. The number of halogens is 3. The molecule has 2 atom stereocenters. The van der Waals surface area contributed by atoms with E-state index in [1.807, 2.05) is 5.32 Å². The van der Waals surface area contributed by atoms with Crippen LogP contribution in [0.4, 0.5) is 13.2 Å². The van der Waals surface area contributed by atoms with Crippen LogP contribution in [0.5, 0.6) is 0 Å². The lowest BCUT2D eigenvalue weighted by molar-refractivity contribution is -0.566. The number of rotatable bonds is 5. The summed E-state index contributed by atoms with van der Waals surface area (Å²) in [7, 11) is 1.17. The highest BCUT2D eigenvalue weighted by Gasteiger charge is 2.55. The van der Waals surface area contributed by atoms with Crippen LogP contribution in [-0.4, -0.2) is 38.9 Å². The largest absolute Gasteiger partial charge is 0.465 e. The molecule has 1 amide bonds. The molecule has 2 rings (SSSR count). The summed E-state index contributed by atoms with van der Waals surface area (Å²) in [6, 6.07) is 0. The van der Waals surface area contributed by atoms with Crippen LogP contribution in [0.25, 0.3) is 0 Å². The molecule has 9 nitrogen and oxygen atoms in total. The first kappa shape index (κ1) is 20.1. The normalized spacial score (nSPS) is 21.7. The van der Waals surface area contributed by atoms with E-state index in [1.54, 1.807) is 0 Å². The van der Waals surface area contributed by atoms with Crippen LogP contribution in [-0.2, 0) is 22.8 Å². The van der Waals surface area contributed by atoms with Gasteiger partial charge >= 0.3 is 17.8 Å². The van der Waals surface area contributed by atoms with Crippen molar-refractivity contribution in [2.45, 2.75) is 18.8 Å². The SMILES string of the molecule is CCOC(=O)C1C=CC=CC1(NC(=O)c1cn(C)nc1C(F)(F)F)[N+](=O)[O-]. The fourth-order valence-corrected chi connectivity index (χ4v) is 2.57. The summed E-state index contributed by atoms with van der Waals surface area (Å²) in [4.78, 5) is 35.3. The van der Waals surface area contributed by atoms with Gasteiger partial charge in [0.05, 0.1) is 17.1 Å². The fourth-order valence-electron chi connectivity index (χ4n) is 2.57. The van der Waals surface area contributed by atoms with E-state index in [1.165, 1.54) is 26.1 Å². The molecule has 2 unspecified atom stereocenters. The van der Waals surface area contributed by atoms with Crippen LogP contribution in [0, 0.1) is 16.0 Å². The Morgan fingerprint density at radius 1 is 1.44 bits per heavy atom. The number of nitrogens with zero attached hydrogens (tertiary/aromatic N) is 3. The number of amides is 1. The first-order valence-electron chi connectivity index (χ1n) is 7.63. The summed E-state index contributed by atoms with van der Waals surface area (Å²) in [5.41, 5.74) is -4.91. The minimum atomic E-state index is -4.95. The van der Waals surface area contributed by atoms with Crippen molar-refractivity contribution >= 4 is 11.9 Å². The van der Waals surface area contributed by atoms with E-state index in [4.69, 9.17) is 4.74 Å². The van der Waals surface area contributed by atoms with Crippen molar-refractivity contribution in [2.24, 2.45) is 13.0 Å². The predicted octanol–water partition coefficient (Wildman–Crippen LogP) is 1.45. The Labute approximate surface area is 150 Å². The molecule has 1 N–H and O–H groups in total. The van der Waals surface area contributed by atoms with Crippen molar-refractivity contribution in [1.82, 2.24) is 15.1 Å². The second-order valence-electron chi connectivity index (χ2n) is 5.57. The smallest absolute Gasteiger partial charge is 0.435 e. The number of aromatic nitrogens is 2. The number of alkyl halides is 3. The summed E-state index contributed by atoms with van der Waals surface area (Å²) < 4.78 is 44.8. The standard InChI is InChI=1S/C15H15F3N4O5/c1-3-27-13(24)10-6-4-5-7-14(10,22(25)26)19-12(23)9-8-21(2)20-11(9)15(16,17)18/h4-8,10H,3H2,1-2H3,(H,19,23). The highest BCUT2D eigenvalue weighted by Crippen LogP contribution is 2.32. The van der Waals surface area contributed by atoms with Gasteiger partial charge in [-0.15, -0.1) is 0 Å². The third-order valence-electron chi connectivity index (χ3n) is 3.74. The monoisotopic (exact) mass is 388 g/mol. The molecule has 0 spiro atoms. The van der Waals surface area contributed by atoms with E-state index in [2.05, 4.69) is 5.10 Å². The van der Waals surface area contributed by atoms with Crippen molar-refractivity contribution in [3.63, 3.8) is 0 Å². The van der Waals surface area contributed by atoms with Gasteiger partial charge in [0.15, 0.2) is 11.6 Å². The predicted molar refractivity (Wildman–Crippen MR) is 83.8 cm³/mol. The number of nitrogens with one attached hydrogen (secondary N) is 1. The first-order chi connectivity index (χ1) is 12.5. The van der Waals surface area contributed by atoms with Crippen LogP contribution in [0.1, 0.15) is 23.0 Å². The van der Waals surface area contributed by atoms with Gasteiger partial charge < -0.3 is 4.74 Å². The van der Waals surface area contributed by atoms with Crippen molar-refractivity contribution in [3.05, 3.63) is 51.9 Å². The van der Waals surface area contributed by atoms with Gasteiger partial charge in [-0.05, 0) is 6.92 Å². The van der Waals surface area contributed by atoms with E-state index in [9.17, 15) is 32.9 Å². The third-order valence-corrected chi connectivity index (χ3v) is 3.74. The Kier molecular flexibility index (Phi) is 5.38. The number of hydrogen-bond donors (Lipinski definition) is 1. The molecular weight excluding hydrogens is 373 g/mol. The zero-order valence-electron chi connectivity index (χ0n) is 14.2. The van der Waals surface area contributed by atoms with Crippen molar-refractivity contribution in [1.29, 1.82) is 0 Å². The van der Waals surface area contributed by atoms with Crippen LogP contribution in [0.3, 0.4) is 0 Å².